The van der Waals surface area contributed by atoms with Gasteiger partial charge in [0, 0.05) is 32.2 Å². The highest BCUT2D eigenvalue weighted by atomic mass is 19.1. The van der Waals surface area contributed by atoms with Crippen molar-refractivity contribution in [3.63, 3.8) is 0 Å². The van der Waals surface area contributed by atoms with Crippen LogP contribution >= 0.6 is 0 Å². The zero-order valence-electron chi connectivity index (χ0n) is 9.90. The van der Waals surface area contributed by atoms with Crippen molar-refractivity contribution in [1.82, 2.24) is 10.2 Å². The number of nitrogens with one attached hydrogen (secondary N) is 1. The van der Waals surface area contributed by atoms with Gasteiger partial charge in [0.15, 0.2) is 0 Å². The minimum Gasteiger partial charge on any atom is -0.395 e. The smallest absolute Gasteiger partial charge is 0.126 e. The molecule has 1 unspecified atom stereocenters. The molecule has 0 amide bonds. The van der Waals surface area contributed by atoms with Crippen LogP contribution in [-0.2, 0) is 6.42 Å². The fourth-order valence-corrected chi connectivity index (χ4v) is 2.27. The van der Waals surface area contributed by atoms with Crippen molar-refractivity contribution in [2.45, 2.75) is 12.5 Å². The van der Waals surface area contributed by atoms with Gasteiger partial charge in [-0.05, 0) is 18.1 Å². The molecule has 1 aliphatic heterocycles. The number of hydrogen-bond acceptors (Lipinski definition) is 3. The van der Waals surface area contributed by atoms with E-state index in [1.807, 2.05) is 6.07 Å². The first-order valence-electron chi connectivity index (χ1n) is 6.10. The van der Waals surface area contributed by atoms with Crippen molar-refractivity contribution in [2.75, 3.05) is 32.8 Å². The van der Waals surface area contributed by atoms with Gasteiger partial charge in [-0.2, -0.15) is 0 Å². The maximum absolute atomic E-state index is 13.5. The predicted octanol–water partition coefficient (Wildman–Crippen LogP) is 0.634. The monoisotopic (exact) mass is 238 g/mol. The Morgan fingerprint density at radius 3 is 2.65 bits per heavy atom. The molecule has 94 valence electrons. The van der Waals surface area contributed by atoms with Gasteiger partial charge in [-0.15, -0.1) is 0 Å². The van der Waals surface area contributed by atoms with E-state index in [9.17, 15) is 9.50 Å². The third-order valence-electron chi connectivity index (χ3n) is 3.29. The Hall–Kier alpha value is -0.970. The molecule has 3 nitrogen and oxygen atoms in total. The number of rotatable bonds is 4. The Morgan fingerprint density at radius 2 is 2.00 bits per heavy atom. The first kappa shape index (κ1) is 12.5. The first-order valence-corrected chi connectivity index (χ1v) is 6.10. The molecule has 2 N–H and O–H groups in total. The van der Waals surface area contributed by atoms with E-state index in [1.165, 1.54) is 6.07 Å². The Balaban J connectivity index is 2.01. The fourth-order valence-electron chi connectivity index (χ4n) is 2.27. The second kappa shape index (κ2) is 6.10. The van der Waals surface area contributed by atoms with E-state index in [0.29, 0.717) is 12.0 Å². The van der Waals surface area contributed by atoms with Gasteiger partial charge in [0.2, 0.25) is 0 Å². The third kappa shape index (κ3) is 3.25. The second-order valence-electron chi connectivity index (χ2n) is 4.42. The normalized spacial score (nSPS) is 19.2. The van der Waals surface area contributed by atoms with Crippen LogP contribution in [0, 0.1) is 5.82 Å². The standard InChI is InChI=1S/C13H19FN2O/c14-13-4-2-1-3-11(13)9-12(10-17)16-7-5-15-6-8-16/h1-4,12,15,17H,5-10H2. The van der Waals surface area contributed by atoms with E-state index in [4.69, 9.17) is 0 Å². The van der Waals surface area contributed by atoms with E-state index in [2.05, 4.69) is 10.2 Å². The summed E-state index contributed by atoms with van der Waals surface area (Å²) in [5, 5.41) is 12.7. The van der Waals surface area contributed by atoms with E-state index in [-0.39, 0.29) is 18.5 Å². The highest BCUT2D eigenvalue weighted by Gasteiger charge is 2.20. The summed E-state index contributed by atoms with van der Waals surface area (Å²) in [7, 11) is 0. The van der Waals surface area contributed by atoms with Crippen LogP contribution in [0.5, 0.6) is 0 Å². The average molecular weight is 238 g/mol. The largest absolute Gasteiger partial charge is 0.395 e. The van der Waals surface area contributed by atoms with Crippen molar-refractivity contribution in [2.24, 2.45) is 0 Å². The summed E-state index contributed by atoms with van der Waals surface area (Å²) in [6, 6.07) is 6.82. The van der Waals surface area contributed by atoms with E-state index < -0.39 is 0 Å². The van der Waals surface area contributed by atoms with Gasteiger partial charge >= 0.3 is 0 Å². The molecule has 1 fully saturated rings. The van der Waals surface area contributed by atoms with Crippen LogP contribution in [0.4, 0.5) is 4.39 Å². The summed E-state index contributed by atoms with van der Waals surface area (Å²) < 4.78 is 13.5. The van der Waals surface area contributed by atoms with Gasteiger partial charge in [0.1, 0.15) is 5.82 Å². The minimum absolute atomic E-state index is 0.0222. The van der Waals surface area contributed by atoms with Crippen LogP contribution in [0.25, 0.3) is 0 Å². The zero-order valence-corrected chi connectivity index (χ0v) is 9.90. The highest BCUT2D eigenvalue weighted by molar-refractivity contribution is 5.18. The lowest BCUT2D eigenvalue weighted by Crippen LogP contribution is -2.50. The lowest BCUT2D eigenvalue weighted by Gasteiger charge is -2.34. The molecule has 0 aliphatic carbocycles. The van der Waals surface area contributed by atoms with Crippen LogP contribution in [0.3, 0.4) is 0 Å². The maximum Gasteiger partial charge on any atom is 0.126 e. The molecule has 1 heterocycles. The lowest BCUT2D eigenvalue weighted by molar-refractivity contribution is 0.110. The Morgan fingerprint density at radius 1 is 1.29 bits per heavy atom. The van der Waals surface area contributed by atoms with Crippen LogP contribution in [0.2, 0.25) is 0 Å². The molecule has 0 radical (unpaired) electrons. The molecule has 1 saturated heterocycles. The third-order valence-corrected chi connectivity index (χ3v) is 3.29. The molecule has 0 spiro atoms. The summed E-state index contributed by atoms with van der Waals surface area (Å²) in [5.74, 6) is -0.180. The Labute approximate surface area is 101 Å². The predicted molar refractivity (Wildman–Crippen MR) is 65.4 cm³/mol. The molecular formula is C13H19FN2O. The number of piperazine rings is 1. The van der Waals surface area contributed by atoms with Gasteiger partial charge in [0.25, 0.3) is 0 Å². The lowest BCUT2D eigenvalue weighted by atomic mass is 10.0. The SMILES string of the molecule is OCC(Cc1ccccc1F)N1CCNCC1. The number of hydrogen-bond donors (Lipinski definition) is 2. The molecule has 4 heteroatoms. The minimum atomic E-state index is -0.180. The van der Waals surface area contributed by atoms with Gasteiger partial charge in [-0.25, -0.2) is 4.39 Å². The number of benzene rings is 1. The van der Waals surface area contributed by atoms with Gasteiger partial charge < -0.3 is 10.4 Å². The number of aliphatic hydroxyl groups excluding tert-OH is 1. The molecule has 0 bridgehead atoms. The fraction of sp³-hybridized carbons (Fsp3) is 0.538. The zero-order chi connectivity index (χ0) is 12.1. The molecule has 0 saturated carbocycles. The molecule has 1 aromatic rings. The molecule has 1 atom stereocenters. The van der Waals surface area contributed by atoms with Gasteiger partial charge in [-0.1, -0.05) is 18.2 Å². The van der Waals surface area contributed by atoms with E-state index in [0.717, 1.165) is 26.2 Å². The first-order chi connectivity index (χ1) is 8.31. The topological polar surface area (TPSA) is 35.5 Å². The second-order valence-corrected chi connectivity index (χ2v) is 4.42. The molecular weight excluding hydrogens is 219 g/mol. The summed E-state index contributed by atoms with van der Waals surface area (Å²) in [4.78, 5) is 2.23. The molecule has 0 aromatic heterocycles. The Kier molecular flexibility index (Phi) is 4.48. The van der Waals surface area contributed by atoms with Crippen LogP contribution < -0.4 is 5.32 Å². The molecule has 17 heavy (non-hydrogen) atoms. The van der Waals surface area contributed by atoms with Crippen molar-refractivity contribution in [3.05, 3.63) is 35.6 Å². The van der Waals surface area contributed by atoms with Crippen LogP contribution in [0.1, 0.15) is 5.56 Å². The number of nitrogens with zero attached hydrogens (tertiary/aromatic N) is 1. The summed E-state index contributed by atoms with van der Waals surface area (Å²) in [5.41, 5.74) is 0.685. The maximum atomic E-state index is 13.5. The quantitative estimate of drug-likeness (QED) is 0.808. The van der Waals surface area contributed by atoms with Crippen molar-refractivity contribution in [1.29, 1.82) is 0 Å². The number of aliphatic hydroxyl groups is 1. The van der Waals surface area contributed by atoms with Gasteiger partial charge in [0.05, 0.1) is 6.61 Å². The van der Waals surface area contributed by atoms with Crippen LogP contribution in [0.15, 0.2) is 24.3 Å². The van der Waals surface area contributed by atoms with Crippen LogP contribution in [-0.4, -0.2) is 48.8 Å². The van der Waals surface area contributed by atoms with Gasteiger partial charge in [-0.3, -0.25) is 4.90 Å². The highest BCUT2D eigenvalue weighted by Crippen LogP contribution is 2.13. The average Bonchev–Trinajstić information content (AvgIpc) is 2.39. The number of halogens is 1. The Bertz CT molecular complexity index is 353. The molecule has 1 aromatic carbocycles. The van der Waals surface area contributed by atoms with Crippen molar-refractivity contribution >= 4 is 0 Å². The van der Waals surface area contributed by atoms with Crippen molar-refractivity contribution in [3.8, 4) is 0 Å². The molecule has 1 aliphatic rings. The van der Waals surface area contributed by atoms with Crippen molar-refractivity contribution < 1.29 is 9.50 Å². The molecule has 2 rings (SSSR count). The van der Waals surface area contributed by atoms with E-state index >= 15 is 0 Å². The summed E-state index contributed by atoms with van der Waals surface area (Å²) >= 11 is 0. The van der Waals surface area contributed by atoms with E-state index in [1.54, 1.807) is 12.1 Å². The summed E-state index contributed by atoms with van der Waals surface area (Å²) in [6.07, 6.45) is 0.573. The summed E-state index contributed by atoms with van der Waals surface area (Å²) in [6.45, 7) is 3.79.